The van der Waals surface area contributed by atoms with Gasteiger partial charge in [-0.25, -0.2) is 0 Å². The highest BCUT2D eigenvalue weighted by atomic mass is 35.5. The lowest BCUT2D eigenvalue weighted by Gasteiger charge is -2.22. The Morgan fingerprint density at radius 3 is 2.67 bits per heavy atom. The monoisotopic (exact) mass is 505 g/mol. The first kappa shape index (κ1) is 26.2. The van der Waals surface area contributed by atoms with Crippen molar-refractivity contribution in [2.45, 2.75) is 38.5 Å². The van der Waals surface area contributed by atoms with Crippen LogP contribution in [0.5, 0.6) is 5.75 Å². The standard InChI is InChI=1S/C30H36ClN3O2/c1-3-17-34(21-24-19-26(24)27-20-25(31)13-14-29(27)36-2)18-7-6-16-33-30(35)23-11-9-22(10-12-23)28-8-4-5-15-32-28/h4-5,8-15,20,24,26H,3,6-7,16-19,21H2,1-2H3,(H,33,35). The minimum absolute atomic E-state index is 0.0238. The lowest BCUT2D eigenvalue weighted by Crippen LogP contribution is -2.29. The maximum atomic E-state index is 12.5. The molecule has 2 atom stereocenters. The van der Waals surface area contributed by atoms with Gasteiger partial charge in [-0.3, -0.25) is 9.78 Å². The zero-order valence-corrected chi connectivity index (χ0v) is 22.0. The predicted octanol–water partition coefficient (Wildman–Crippen LogP) is 6.44. The van der Waals surface area contributed by atoms with Gasteiger partial charge in [0.05, 0.1) is 12.8 Å². The molecule has 6 heteroatoms. The Bertz CT molecular complexity index is 1120. The number of aromatic nitrogens is 1. The topological polar surface area (TPSA) is 54.5 Å². The first-order chi connectivity index (χ1) is 17.6. The number of ether oxygens (including phenoxy) is 1. The number of pyridine rings is 1. The normalized spacial score (nSPS) is 16.7. The largest absolute Gasteiger partial charge is 0.496 e. The molecule has 2 unspecified atom stereocenters. The molecule has 1 aromatic heterocycles. The molecular weight excluding hydrogens is 470 g/mol. The third-order valence-corrected chi connectivity index (χ3v) is 7.08. The molecule has 1 aliphatic rings. The van der Waals surface area contributed by atoms with Gasteiger partial charge in [0.2, 0.25) is 0 Å². The average Bonchev–Trinajstić information content (AvgIpc) is 3.68. The van der Waals surface area contributed by atoms with Crippen molar-refractivity contribution in [3.63, 3.8) is 0 Å². The van der Waals surface area contributed by atoms with E-state index >= 15 is 0 Å². The summed E-state index contributed by atoms with van der Waals surface area (Å²) in [6.07, 6.45) is 6.14. The Morgan fingerprint density at radius 2 is 1.94 bits per heavy atom. The van der Waals surface area contributed by atoms with Gasteiger partial charge in [0.15, 0.2) is 0 Å². The van der Waals surface area contributed by atoms with Crippen molar-refractivity contribution in [2.75, 3.05) is 33.3 Å². The summed E-state index contributed by atoms with van der Waals surface area (Å²) in [5, 5.41) is 3.84. The van der Waals surface area contributed by atoms with Crippen LogP contribution in [-0.4, -0.2) is 49.1 Å². The molecule has 1 N–H and O–H groups in total. The van der Waals surface area contributed by atoms with Gasteiger partial charge in [-0.05, 0) is 98.6 Å². The summed E-state index contributed by atoms with van der Waals surface area (Å²) in [7, 11) is 1.73. The van der Waals surface area contributed by atoms with Gasteiger partial charge in [0, 0.05) is 35.4 Å². The van der Waals surface area contributed by atoms with Crippen molar-refractivity contribution in [1.82, 2.24) is 15.2 Å². The number of benzene rings is 2. The first-order valence-electron chi connectivity index (χ1n) is 12.9. The zero-order valence-electron chi connectivity index (χ0n) is 21.3. The van der Waals surface area contributed by atoms with Gasteiger partial charge in [-0.1, -0.05) is 36.7 Å². The fourth-order valence-corrected chi connectivity index (χ4v) is 5.04. The second kappa shape index (κ2) is 12.9. The highest BCUT2D eigenvalue weighted by molar-refractivity contribution is 6.30. The van der Waals surface area contributed by atoms with Crippen LogP contribution in [0, 0.1) is 5.92 Å². The fourth-order valence-electron chi connectivity index (χ4n) is 4.86. The van der Waals surface area contributed by atoms with E-state index in [0.717, 1.165) is 60.9 Å². The van der Waals surface area contributed by atoms with Crippen molar-refractivity contribution < 1.29 is 9.53 Å². The van der Waals surface area contributed by atoms with E-state index in [-0.39, 0.29) is 5.91 Å². The molecule has 2 aromatic carbocycles. The number of hydrogen-bond donors (Lipinski definition) is 1. The number of nitrogens with zero attached hydrogens (tertiary/aromatic N) is 2. The van der Waals surface area contributed by atoms with E-state index in [0.29, 0.717) is 23.9 Å². The van der Waals surface area contributed by atoms with E-state index in [4.69, 9.17) is 16.3 Å². The quantitative estimate of drug-likeness (QED) is 0.272. The van der Waals surface area contributed by atoms with Crippen LogP contribution < -0.4 is 10.1 Å². The number of rotatable bonds is 13. The maximum absolute atomic E-state index is 12.5. The van der Waals surface area contributed by atoms with Crippen LogP contribution >= 0.6 is 11.6 Å². The SMILES string of the molecule is CCCN(CCCCNC(=O)c1ccc(-c2ccccn2)cc1)CC1CC1c1cc(Cl)ccc1OC. The summed E-state index contributed by atoms with van der Waals surface area (Å²) in [6.45, 7) is 6.18. The number of nitrogens with one attached hydrogen (secondary N) is 1. The van der Waals surface area contributed by atoms with E-state index in [1.165, 1.54) is 12.0 Å². The van der Waals surface area contributed by atoms with E-state index in [2.05, 4.69) is 28.2 Å². The number of unbranched alkanes of at least 4 members (excludes halogenated alkanes) is 1. The van der Waals surface area contributed by atoms with Gasteiger partial charge >= 0.3 is 0 Å². The Kier molecular flexibility index (Phi) is 9.37. The fraction of sp³-hybridized carbons (Fsp3) is 0.400. The maximum Gasteiger partial charge on any atom is 0.251 e. The Hall–Kier alpha value is -2.89. The number of amides is 1. The van der Waals surface area contributed by atoms with Gasteiger partial charge in [0.25, 0.3) is 5.91 Å². The van der Waals surface area contributed by atoms with Crippen LogP contribution in [-0.2, 0) is 0 Å². The molecule has 0 bridgehead atoms. The van der Waals surface area contributed by atoms with E-state index in [1.54, 1.807) is 13.3 Å². The smallest absolute Gasteiger partial charge is 0.251 e. The molecule has 1 fully saturated rings. The van der Waals surface area contributed by atoms with Crippen molar-refractivity contribution in [3.05, 3.63) is 83.0 Å². The number of carbonyl (C=O) groups is 1. The lowest BCUT2D eigenvalue weighted by atomic mass is 10.1. The zero-order chi connectivity index (χ0) is 25.3. The summed E-state index contributed by atoms with van der Waals surface area (Å²) in [6, 6.07) is 19.4. The van der Waals surface area contributed by atoms with Gasteiger partial charge in [-0.15, -0.1) is 0 Å². The molecule has 0 aliphatic heterocycles. The molecule has 4 rings (SSSR count). The van der Waals surface area contributed by atoms with Crippen molar-refractivity contribution in [1.29, 1.82) is 0 Å². The number of halogens is 1. The molecule has 190 valence electrons. The molecule has 3 aromatic rings. The van der Waals surface area contributed by atoms with Crippen LogP contribution in [0.2, 0.25) is 5.02 Å². The van der Waals surface area contributed by atoms with Gasteiger partial charge in [0.1, 0.15) is 5.75 Å². The molecule has 5 nitrogen and oxygen atoms in total. The Morgan fingerprint density at radius 1 is 1.11 bits per heavy atom. The number of methoxy groups -OCH3 is 1. The predicted molar refractivity (Wildman–Crippen MR) is 147 cm³/mol. The van der Waals surface area contributed by atoms with Crippen molar-refractivity contribution >= 4 is 17.5 Å². The van der Waals surface area contributed by atoms with Crippen LogP contribution in [0.4, 0.5) is 0 Å². The molecule has 1 heterocycles. The molecule has 1 aliphatic carbocycles. The number of carbonyl (C=O) groups excluding carboxylic acids is 1. The summed E-state index contributed by atoms with van der Waals surface area (Å²) < 4.78 is 5.56. The summed E-state index contributed by atoms with van der Waals surface area (Å²) >= 11 is 6.24. The minimum Gasteiger partial charge on any atom is -0.496 e. The molecule has 0 spiro atoms. The second-order valence-corrected chi connectivity index (χ2v) is 9.98. The minimum atomic E-state index is -0.0238. The Balaban J connectivity index is 1.18. The molecule has 1 amide bonds. The summed E-state index contributed by atoms with van der Waals surface area (Å²) in [5.41, 5.74) is 3.83. The molecular formula is C30H36ClN3O2. The molecule has 36 heavy (non-hydrogen) atoms. The lowest BCUT2D eigenvalue weighted by molar-refractivity contribution is 0.0952. The molecule has 1 saturated carbocycles. The van der Waals surface area contributed by atoms with E-state index < -0.39 is 0 Å². The molecule has 0 radical (unpaired) electrons. The Labute approximate surface area is 219 Å². The van der Waals surface area contributed by atoms with Crippen LogP contribution in [0.3, 0.4) is 0 Å². The van der Waals surface area contributed by atoms with Gasteiger partial charge in [-0.2, -0.15) is 0 Å². The number of hydrogen-bond acceptors (Lipinski definition) is 4. The van der Waals surface area contributed by atoms with Crippen LogP contribution in [0.1, 0.15) is 54.4 Å². The summed E-state index contributed by atoms with van der Waals surface area (Å²) in [4.78, 5) is 19.5. The third kappa shape index (κ3) is 7.08. The van der Waals surface area contributed by atoms with Gasteiger partial charge < -0.3 is 15.0 Å². The van der Waals surface area contributed by atoms with Crippen LogP contribution in [0.25, 0.3) is 11.3 Å². The average molecular weight is 506 g/mol. The highest BCUT2D eigenvalue weighted by Crippen LogP contribution is 2.51. The van der Waals surface area contributed by atoms with Crippen molar-refractivity contribution in [3.8, 4) is 17.0 Å². The second-order valence-electron chi connectivity index (χ2n) is 9.54. The molecule has 0 saturated heterocycles. The highest BCUT2D eigenvalue weighted by Gasteiger charge is 2.40. The van der Waals surface area contributed by atoms with Crippen molar-refractivity contribution in [2.24, 2.45) is 5.92 Å². The van der Waals surface area contributed by atoms with E-state index in [9.17, 15) is 4.79 Å². The summed E-state index contributed by atoms with van der Waals surface area (Å²) in [5.74, 6) is 2.10. The van der Waals surface area contributed by atoms with Crippen LogP contribution in [0.15, 0.2) is 66.9 Å². The van der Waals surface area contributed by atoms with E-state index in [1.807, 2.05) is 54.6 Å². The third-order valence-electron chi connectivity index (χ3n) is 6.84. The first-order valence-corrected chi connectivity index (χ1v) is 13.3.